The highest BCUT2D eigenvalue weighted by atomic mass is 16.5. The lowest BCUT2D eigenvalue weighted by molar-refractivity contribution is 0.0585. The van der Waals surface area contributed by atoms with E-state index in [4.69, 9.17) is 0 Å². The van der Waals surface area contributed by atoms with Crippen LogP contribution in [0.4, 0.5) is 0 Å². The van der Waals surface area contributed by atoms with Crippen molar-refractivity contribution in [1.29, 1.82) is 0 Å². The zero-order valence-corrected chi connectivity index (χ0v) is 9.83. The summed E-state index contributed by atoms with van der Waals surface area (Å²) in [5.74, 6) is -1.49. The molecule has 5 heteroatoms. The minimum absolute atomic E-state index is 0.0566. The molecule has 0 amide bonds. The van der Waals surface area contributed by atoms with Crippen LogP contribution in [0, 0.1) is 0 Å². The largest absolute Gasteiger partial charge is 0.503 e. The summed E-state index contributed by atoms with van der Waals surface area (Å²) in [4.78, 5) is 11.5. The van der Waals surface area contributed by atoms with Gasteiger partial charge in [-0.3, -0.25) is 0 Å². The van der Waals surface area contributed by atoms with Gasteiger partial charge >= 0.3 is 5.97 Å². The van der Waals surface area contributed by atoms with Crippen molar-refractivity contribution >= 4 is 5.97 Å². The summed E-state index contributed by atoms with van der Waals surface area (Å²) in [5, 5.41) is 19.1. The van der Waals surface area contributed by atoms with Crippen molar-refractivity contribution in [2.24, 2.45) is 0 Å². The number of methoxy groups -OCH3 is 1. The third-order valence-electron chi connectivity index (χ3n) is 2.61. The summed E-state index contributed by atoms with van der Waals surface area (Å²) in [6.45, 7) is 0.361. The molecule has 94 valence electrons. The molecule has 5 nitrogen and oxygen atoms in total. The van der Waals surface area contributed by atoms with Crippen LogP contribution in [0.3, 0.4) is 0 Å². The van der Waals surface area contributed by atoms with Gasteiger partial charge in [-0.05, 0) is 5.56 Å². The van der Waals surface area contributed by atoms with Gasteiger partial charge in [-0.15, -0.1) is 0 Å². The number of carbonyl (C=O) groups is 1. The van der Waals surface area contributed by atoms with E-state index in [1.54, 1.807) is 0 Å². The molecule has 0 bridgehead atoms. The number of carbonyl (C=O) groups excluding carboxylic acids is 1. The Morgan fingerprint density at radius 3 is 2.56 bits per heavy atom. The molecule has 0 saturated carbocycles. The second-order valence-corrected chi connectivity index (χ2v) is 3.82. The normalized spacial score (nSPS) is 10.3. The molecule has 0 spiro atoms. The minimum Gasteiger partial charge on any atom is -0.503 e. The van der Waals surface area contributed by atoms with Crippen molar-refractivity contribution in [3.63, 3.8) is 0 Å². The molecule has 0 saturated heterocycles. The standard InChI is InChI=1S/C13H13NO4/c1-18-13(17)11-12(16)10(15)8-14(11)7-9-5-3-2-4-6-9/h2-6,8,15-16H,7H2,1H3. The average Bonchev–Trinajstić information content (AvgIpc) is 2.65. The highest BCUT2D eigenvalue weighted by Crippen LogP contribution is 2.31. The first kappa shape index (κ1) is 12.0. The third-order valence-corrected chi connectivity index (χ3v) is 2.61. The summed E-state index contributed by atoms with van der Waals surface area (Å²) in [7, 11) is 1.22. The SMILES string of the molecule is COC(=O)c1c(O)c(O)cn1Cc1ccccc1. The van der Waals surface area contributed by atoms with Gasteiger partial charge in [0.25, 0.3) is 0 Å². The fourth-order valence-electron chi connectivity index (χ4n) is 1.75. The van der Waals surface area contributed by atoms with Crippen molar-refractivity contribution in [2.45, 2.75) is 6.54 Å². The van der Waals surface area contributed by atoms with Gasteiger partial charge in [0.1, 0.15) is 0 Å². The molecule has 1 aromatic heterocycles. The van der Waals surface area contributed by atoms with Gasteiger partial charge in [0, 0.05) is 6.54 Å². The molecule has 0 fully saturated rings. The van der Waals surface area contributed by atoms with Crippen molar-refractivity contribution in [3.8, 4) is 11.5 Å². The lowest BCUT2D eigenvalue weighted by Gasteiger charge is -2.07. The number of rotatable bonds is 3. The summed E-state index contributed by atoms with van der Waals surface area (Å²) < 4.78 is 6.03. The van der Waals surface area contributed by atoms with E-state index in [1.807, 2.05) is 30.3 Å². The molecule has 1 heterocycles. The molecular weight excluding hydrogens is 234 g/mol. The minimum atomic E-state index is -0.691. The maximum atomic E-state index is 11.5. The Balaban J connectivity index is 2.39. The van der Waals surface area contributed by atoms with Gasteiger partial charge in [-0.1, -0.05) is 30.3 Å². The molecule has 0 atom stereocenters. The first-order chi connectivity index (χ1) is 8.63. The molecule has 0 aliphatic rings. The highest BCUT2D eigenvalue weighted by molar-refractivity contribution is 5.91. The van der Waals surface area contributed by atoms with Crippen LogP contribution in [-0.2, 0) is 11.3 Å². The number of aromatic nitrogens is 1. The Morgan fingerprint density at radius 2 is 1.94 bits per heavy atom. The summed E-state index contributed by atoms with van der Waals surface area (Å²) in [5.41, 5.74) is 0.886. The number of esters is 1. The zero-order chi connectivity index (χ0) is 13.1. The predicted molar refractivity (Wildman–Crippen MR) is 64.6 cm³/mol. The number of aromatic hydroxyl groups is 2. The van der Waals surface area contributed by atoms with E-state index in [9.17, 15) is 15.0 Å². The number of benzene rings is 1. The molecule has 2 N–H and O–H groups in total. The Kier molecular flexibility index (Phi) is 3.23. The van der Waals surface area contributed by atoms with E-state index < -0.39 is 11.7 Å². The van der Waals surface area contributed by atoms with Gasteiger partial charge in [0.15, 0.2) is 17.2 Å². The Bertz CT molecular complexity index is 560. The van der Waals surface area contributed by atoms with Crippen molar-refractivity contribution < 1.29 is 19.7 Å². The molecule has 2 rings (SSSR count). The molecule has 18 heavy (non-hydrogen) atoms. The van der Waals surface area contributed by atoms with Crippen LogP contribution in [0.5, 0.6) is 11.5 Å². The maximum Gasteiger partial charge on any atom is 0.358 e. The lowest BCUT2D eigenvalue weighted by atomic mass is 10.2. The van der Waals surface area contributed by atoms with Crippen molar-refractivity contribution in [2.75, 3.05) is 7.11 Å². The van der Waals surface area contributed by atoms with E-state index in [-0.39, 0.29) is 11.4 Å². The zero-order valence-electron chi connectivity index (χ0n) is 9.83. The second kappa shape index (κ2) is 4.83. The molecule has 0 radical (unpaired) electrons. The van der Waals surface area contributed by atoms with Gasteiger partial charge in [0.2, 0.25) is 0 Å². The van der Waals surface area contributed by atoms with Gasteiger partial charge in [0.05, 0.1) is 13.3 Å². The van der Waals surface area contributed by atoms with Crippen LogP contribution >= 0.6 is 0 Å². The summed E-state index contributed by atoms with van der Waals surface area (Å²) in [6, 6.07) is 9.40. The van der Waals surface area contributed by atoms with E-state index in [1.165, 1.54) is 17.9 Å². The quantitative estimate of drug-likeness (QED) is 0.810. The third kappa shape index (κ3) is 2.15. The summed E-state index contributed by atoms with van der Waals surface area (Å²) in [6.07, 6.45) is 1.30. The van der Waals surface area contributed by atoms with E-state index in [2.05, 4.69) is 4.74 Å². The Morgan fingerprint density at radius 1 is 1.28 bits per heavy atom. The molecular formula is C13H13NO4. The molecule has 0 aliphatic heterocycles. The first-order valence-corrected chi connectivity index (χ1v) is 5.36. The fourth-order valence-corrected chi connectivity index (χ4v) is 1.75. The molecule has 1 aromatic carbocycles. The molecule has 2 aromatic rings. The number of hydrogen-bond donors (Lipinski definition) is 2. The van der Waals surface area contributed by atoms with Crippen LogP contribution in [0.2, 0.25) is 0 Å². The van der Waals surface area contributed by atoms with Gasteiger partial charge in [-0.2, -0.15) is 0 Å². The van der Waals surface area contributed by atoms with Crippen LogP contribution in [0.25, 0.3) is 0 Å². The van der Waals surface area contributed by atoms with Crippen LogP contribution < -0.4 is 0 Å². The monoisotopic (exact) mass is 247 g/mol. The fraction of sp³-hybridized carbons (Fsp3) is 0.154. The van der Waals surface area contributed by atoms with E-state index in [0.29, 0.717) is 6.54 Å². The van der Waals surface area contributed by atoms with E-state index in [0.717, 1.165) is 5.56 Å². The number of nitrogens with zero attached hydrogens (tertiary/aromatic N) is 1. The van der Waals surface area contributed by atoms with Gasteiger partial charge in [-0.25, -0.2) is 4.79 Å². The Labute approximate surface area is 104 Å². The topological polar surface area (TPSA) is 71.7 Å². The van der Waals surface area contributed by atoms with Crippen LogP contribution in [-0.4, -0.2) is 27.9 Å². The Hall–Kier alpha value is -2.43. The lowest BCUT2D eigenvalue weighted by Crippen LogP contribution is -2.10. The average molecular weight is 247 g/mol. The van der Waals surface area contributed by atoms with Crippen molar-refractivity contribution in [3.05, 3.63) is 47.8 Å². The van der Waals surface area contributed by atoms with Crippen LogP contribution in [0.1, 0.15) is 16.1 Å². The molecule has 0 unspecified atom stereocenters. The molecule has 0 aliphatic carbocycles. The highest BCUT2D eigenvalue weighted by Gasteiger charge is 2.22. The first-order valence-electron chi connectivity index (χ1n) is 5.36. The number of hydrogen-bond acceptors (Lipinski definition) is 4. The predicted octanol–water partition coefficient (Wildman–Crippen LogP) is 1.73. The summed E-state index contributed by atoms with van der Waals surface area (Å²) >= 11 is 0. The maximum absolute atomic E-state index is 11.5. The van der Waals surface area contributed by atoms with Gasteiger partial charge < -0.3 is 19.5 Å². The smallest absolute Gasteiger partial charge is 0.358 e. The second-order valence-electron chi connectivity index (χ2n) is 3.82. The van der Waals surface area contributed by atoms with Crippen molar-refractivity contribution in [1.82, 2.24) is 4.57 Å². The van der Waals surface area contributed by atoms with E-state index >= 15 is 0 Å². The van der Waals surface area contributed by atoms with Crippen LogP contribution in [0.15, 0.2) is 36.5 Å². The number of ether oxygens (including phenoxy) is 1.